The molecule has 0 radical (unpaired) electrons. The molecule has 2 aromatic rings. The lowest BCUT2D eigenvalue weighted by Crippen LogP contribution is -2.21. The summed E-state index contributed by atoms with van der Waals surface area (Å²) in [5.74, 6) is 0. The van der Waals surface area contributed by atoms with E-state index in [1.807, 2.05) is 30.5 Å². The molecule has 1 aromatic carbocycles. The maximum Gasteiger partial charge on any atom is 0.185 e. The summed E-state index contributed by atoms with van der Waals surface area (Å²) in [7, 11) is 2.06. The predicted molar refractivity (Wildman–Crippen MR) is 87.6 cm³/mol. The molecule has 0 atom stereocenters. The molecular formula is C15H20ClN3S. The zero-order chi connectivity index (χ0) is 14.5. The third-order valence-electron chi connectivity index (χ3n) is 2.89. The van der Waals surface area contributed by atoms with Gasteiger partial charge in [0.25, 0.3) is 0 Å². The Morgan fingerprint density at radius 3 is 2.65 bits per heavy atom. The van der Waals surface area contributed by atoms with E-state index in [4.69, 9.17) is 11.6 Å². The van der Waals surface area contributed by atoms with Crippen molar-refractivity contribution in [2.75, 3.05) is 11.9 Å². The van der Waals surface area contributed by atoms with Crippen LogP contribution in [-0.2, 0) is 13.1 Å². The fourth-order valence-electron chi connectivity index (χ4n) is 1.79. The quantitative estimate of drug-likeness (QED) is 0.876. The Morgan fingerprint density at radius 1 is 1.30 bits per heavy atom. The third-order valence-corrected chi connectivity index (χ3v) is 4.25. The first-order valence-electron chi connectivity index (χ1n) is 6.68. The number of aromatic nitrogens is 1. The molecule has 0 bridgehead atoms. The molecule has 2 rings (SSSR count). The van der Waals surface area contributed by atoms with Gasteiger partial charge in [-0.05, 0) is 17.7 Å². The average Bonchev–Trinajstić information content (AvgIpc) is 2.88. The van der Waals surface area contributed by atoms with Gasteiger partial charge in [0.05, 0.1) is 0 Å². The van der Waals surface area contributed by atoms with Gasteiger partial charge >= 0.3 is 0 Å². The Balaban J connectivity index is 1.95. The number of thiazole rings is 1. The van der Waals surface area contributed by atoms with E-state index in [9.17, 15) is 0 Å². The summed E-state index contributed by atoms with van der Waals surface area (Å²) < 4.78 is 0. The van der Waals surface area contributed by atoms with Crippen LogP contribution in [0.5, 0.6) is 0 Å². The molecular weight excluding hydrogens is 290 g/mol. The van der Waals surface area contributed by atoms with Crippen molar-refractivity contribution < 1.29 is 0 Å². The highest BCUT2D eigenvalue weighted by Gasteiger charge is 2.08. The molecule has 3 nitrogen and oxygen atoms in total. The van der Waals surface area contributed by atoms with Crippen LogP contribution < -0.4 is 10.2 Å². The van der Waals surface area contributed by atoms with E-state index in [-0.39, 0.29) is 0 Å². The van der Waals surface area contributed by atoms with E-state index in [0.717, 1.165) is 23.2 Å². The number of benzene rings is 1. The first-order valence-corrected chi connectivity index (χ1v) is 7.87. The van der Waals surface area contributed by atoms with Crippen molar-refractivity contribution in [3.8, 4) is 0 Å². The van der Waals surface area contributed by atoms with E-state index in [1.165, 1.54) is 10.4 Å². The summed E-state index contributed by atoms with van der Waals surface area (Å²) in [6.07, 6.45) is 1.95. The molecule has 0 aliphatic carbocycles. The minimum absolute atomic E-state index is 0.493. The molecule has 0 fully saturated rings. The number of rotatable bonds is 6. The second-order valence-electron chi connectivity index (χ2n) is 5.13. The van der Waals surface area contributed by atoms with Crippen molar-refractivity contribution in [1.29, 1.82) is 0 Å². The predicted octanol–water partition coefficient (Wildman–Crippen LogP) is 3.93. The van der Waals surface area contributed by atoms with E-state index in [0.29, 0.717) is 6.04 Å². The van der Waals surface area contributed by atoms with Gasteiger partial charge in [0.1, 0.15) is 0 Å². The van der Waals surface area contributed by atoms with Crippen LogP contribution in [0.15, 0.2) is 30.5 Å². The molecule has 0 spiro atoms. The molecule has 1 heterocycles. The van der Waals surface area contributed by atoms with Crippen LogP contribution in [0, 0.1) is 0 Å². The summed E-state index contributed by atoms with van der Waals surface area (Å²) in [5.41, 5.74) is 1.23. The summed E-state index contributed by atoms with van der Waals surface area (Å²) in [5, 5.41) is 5.22. The monoisotopic (exact) mass is 309 g/mol. The van der Waals surface area contributed by atoms with E-state index in [1.54, 1.807) is 11.3 Å². The highest BCUT2D eigenvalue weighted by atomic mass is 35.5. The SMILES string of the molecule is CC(C)NCc1cnc(N(C)Cc2ccc(Cl)cc2)s1. The highest BCUT2D eigenvalue weighted by Crippen LogP contribution is 2.23. The number of hydrogen-bond acceptors (Lipinski definition) is 4. The molecule has 5 heteroatoms. The van der Waals surface area contributed by atoms with Gasteiger partial charge in [0.15, 0.2) is 5.13 Å². The molecule has 0 aliphatic rings. The Labute approximate surface area is 129 Å². The Kier molecular flexibility index (Phi) is 5.40. The lowest BCUT2D eigenvalue weighted by atomic mass is 10.2. The van der Waals surface area contributed by atoms with Gasteiger partial charge in [-0.15, -0.1) is 11.3 Å². The van der Waals surface area contributed by atoms with E-state index >= 15 is 0 Å². The lowest BCUT2D eigenvalue weighted by molar-refractivity contribution is 0.593. The molecule has 1 N–H and O–H groups in total. The number of halogens is 1. The van der Waals surface area contributed by atoms with Crippen molar-refractivity contribution in [1.82, 2.24) is 10.3 Å². The summed E-state index contributed by atoms with van der Waals surface area (Å²) in [6, 6.07) is 8.43. The first-order chi connectivity index (χ1) is 9.54. The smallest absolute Gasteiger partial charge is 0.185 e. The van der Waals surface area contributed by atoms with Crippen LogP contribution in [0.4, 0.5) is 5.13 Å². The van der Waals surface area contributed by atoms with E-state index < -0.39 is 0 Å². The minimum Gasteiger partial charge on any atom is -0.347 e. The summed E-state index contributed by atoms with van der Waals surface area (Å²) in [6.45, 7) is 6.01. The molecule has 20 heavy (non-hydrogen) atoms. The van der Waals surface area contributed by atoms with Crippen LogP contribution in [0.2, 0.25) is 5.02 Å². The average molecular weight is 310 g/mol. The van der Waals surface area contributed by atoms with Crippen LogP contribution in [-0.4, -0.2) is 18.1 Å². The topological polar surface area (TPSA) is 28.2 Å². The normalized spacial score (nSPS) is 11.1. The lowest BCUT2D eigenvalue weighted by Gasteiger charge is -2.15. The molecule has 0 unspecified atom stereocenters. The van der Waals surface area contributed by atoms with Crippen LogP contribution in [0.3, 0.4) is 0 Å². The van der Waals surface area contributed by atoms with Gasteiger partial charge in [-0.1, -0.05) is 37.6 Å². The number of nitrogens with zero attached hydrogens (tertiary/aromatic N) is 2. The molecule has 0 saturated carbocycles. The number of nitrogens with one attached hydrogen (secondary N) is 1. The van der Waals surface area contributed by atoms with Crippen molar-refractivity contribution in [2.24, 2.45) is 0 Å². The van der Waals surface area contributed by atoms with E-state index in [2.05, 4.69) is 36.1 Å². The molecule has 0 aliphatic heterocycles. The summed E-state index contributed by atoms with van der Waals surface area (Å²) >= 11 is 7.63. The molecule has 0 amide bonds. The van der Waals surface area contributed by atoms with Crippen LogP contribution in [0.25, 0.3) is 0 Å². The first kappa shape index (κ1) is 15.3. The van der Waals surface area contributed by atoms with Crippen molar-refractivity contribution in [2.45, 2.75) is 33.0 Å². The fraction of sp³-hybridized carbons (Fsp3) is 0.400. The zero-order valence-corrected chi connectivity index (χ0v) is 13.6. The van der Waals surface area contributed by atoms with Gasteiger partial charge in [0, 0.05) is 42.3 Å². The standard InChI is InChI=1S/C15H20ClN3S/c1-11(2)17-8-14-9-18-15(20-14)19(3)10-12-4-6-13(16)7-5-12/h4-7,9,11,17H,8,10H2,1-3H3. The van der Waals surface area contributed by atoms with Gasteiger partial charge < -0.3 is 10.2 Å². The Hall–Kier alpha value is -1.10. The molecule has 1 aromatic heterocycles. The van der Waals surface area contributed by atoms with Gasteiger partial charge in [-0.2, -0.15) is 0 Å². The Morgan fingerprint density at radius 2 is 2.00 bits per heavy atom. The van der Waals surface area contributed by atoms with Crippen molar-refractivity contribution in [3.05, 3.63) is 45.9 Å². The largest absolute Gasteiger partial charge is 0.347 e. The molecule has 108 valence electrons. The maximum absolute atomic E-state index is 5.90. The van der Waals surface area contributed by atoms with Crippen LogP contribution in [0.1, 0.15) is 24.3 Å². The second kappa shape index (κ2) is 7.07. The number of anilines is 1. The minimum atomic E-state index is 0.493. The van der Waals surface area contributed by atoms with Crippen LogP contribution >= 0.6 is 22.9 Å². The third kappa shape index (κ3) is 4.47. The van der Waals surface area contributed by atoms with Gasteiger partial charge in [-0.25, -0.2) is 4.98 Å². The Bertz CT molecular complexity index is 536. The van der Waals surface area contributed by atoms with Gasteiger partial charge in [-0.3, -0.25) is 0 Å². The molecule has 0 saturated heterocycles. The zero-order valence-electron chi connectivity index (χ0n) is 12.1. The summed E-state index contributed by atoms with van der Waals surface area (Å²) in [4.78, 5) is 7.91. The number of hydrogen-bond donors (Lipinski definition) is 1. The highest BCUT2D eigenvalue weighted by molar-refractivity contribution is 7.15. The van der Waals surface area contributed by atoms with Crippen molar-refractivity contribution >= 4 is 28.1 Å². The van der Waals surface area contributed by atoms with Gasteiger partial charge in [0.2, 0.25) is 0 Å². The van der Waals surface area contributed by atoms with Crippen molar-refractivity contribution in [3.63, 3.8) is 0 Å². The second-order valence-corrected chi connectivity index (χ2v) is 6.66. The maximum atomic E-state index is 5.90. The fourth-order valence-corrected chi connectivity index (χ4v) is 2.74.